The van der Waals surface area contributed by atoms with E-state index in [1.165, 1.54) is 32.5 Å². The van der Waals surface area contributed by atoms with Crippen molar-refractivity contribution in [1.29, 1.82) is 0 Å². The summed E-state index contributed by atoms with van der Waals surface area (Å²) in [5.74, 6) is 0.281. The van der Waals surface area contributed by atoms with Gasteiger partial charge in [-0.15, -0.1) is 0 Å². The highest BCUT2D eigenvalue weighted by atomic mass is 19.4. The van der Waals surface area contributed by atoms with Gasteiger partial charge < -0.3 is 20.5 Å². The highest BCUT2D eigenvalue weighted by molar-refractivity contribution is 5.91. The van der Waals surface area contributed by atoms with Crippen LogP contribution >= 0.6 is 0 Å². The van der Waals surface area contributed by atoms with Gasteiger partial charge in [0.1, 0.15) is 0 Å². The van der Waals surface area contributed by atoms with Crippen molar-refractivity contribution in [3.63, 3.8) is 0 Å². The number of aromatic nitrogens is 2. The minimum atomic E-state index is -4.76. The lowest BCUT2D eigenvalue weighted by molar-refractivity contribution is -0.203. The summed E-state index contributed by atoms with van der Waals surface area (Å²) in [4.78, 5) is 8.49. The number of rotatable bonds is 7. The van der Waals surface area contributed by atoms with Crippen molar-refractivity contribution in [1.82, 2.24) is 9.97 Å². The van der Waals surface area contributed by atoms with Crippen LogP contribution in [0.15, 0.2) is 48.7 Å². The van der Waals surface area contributed by atoms with E-state index >= 15 is 0 Å². The van der Waals surface area contributed by atoms with E-state index in [0.29, 0.717) is 16.6 Å². The third kappa shape index (κ3) is 4.17. The predicted octanol–water partition coefficient (Wildman–Crippen LogP) is 4.01. The molecule has 3 N–H and O–H groups in total. The zero-order chi connectivity index (χ0) is 21.9. The molecule has 0 bridgehead atoms. The average Bonchev–Trinajstić information content (AvgIpc) is 2.71. The van der Waals surface area contributed by atoms with Crippen LogP contribution in [0.3, 0.4) is 0 Å². The molecule has 1 aromatic carbocycles. The van der Waals surface area contributed by atoms with Crippen LogP contribution in [0.5, 0.6) is 5.88 Å². The van der Waals surface area contributed by atoms with Crippen LogP contribution in [0, 0.1) is 6.92 Å². The van der Waals surface area contributed by atoms with Crippen molar-refractivity contribution in [3.05, 3.63) is 59.9 Å². The molecule has 9 heteroatoms. The minimum Gasteiger partial charge on any atom is -0.481 e. The zero-order valence-corrected chi connectivity index (χ0v) is 16.8. The first-order valence-corrected chi connectivity index (χ1v) is 9.17. The Morgan fingerprint density at radius 3 is 2.47 bits per heavy atom. The number of hydrogen-bond acceptors (Lipinski definition) is 6. The van der Waals surface area contributed by atoms with Gasteiger partial charge in [-0.05, 0) is 42.8 Å². The average molecular weight is 420 g/mol. The first-order valence-electron chi connectivity index (χ1n) is 9.17. The number of nitrogens with one attached hydrogen (secondary N) is 1. The van der Waals surface area contributed by atoms with Crippen LogP contribution in [-0.2, 0) is 4.74 Å². The van der Waals surface area contributed by atoms with Gasteiger partial charge in [-0.1, -0.05) is 6.07 Å². The SMILES string of the molecule is COCC(N)(C(Nc1cccc2nc(C)ccc12)c1ccc(OC)nc1)C(F)(F)F. The molecule has 0 saturated heterocycles. The number of anilines is 1. The largest absolute Gasteiger partial charge is 0.481 e. The minimum absolute atomic E-state index is 0.241. The van der Waals surface area contributed by atoms with E-state index in [1.807, 2.05) is 13.0 Å². The van der Waals surface area contributed by atoms with Crippen molar-refractivity contribution in [2.75, 3.05) is 26.1 Å². The monoisotopic (exact) mass is 420 g/mol. The second kappa shape index (κ2) is 8.45. The Labute approximate surface area is 172 Å². The Morgan fingerprint density at radius 1 is 1.10 bits per heavy atom. The van der Waals surface area contributed by atoms with Crippen molar-refractivity contribution in [2.45, 2.75) is 24.7 Å². The Bertz CT molecular complexity index is 1010. The van der Waals surface area contributed by atoms with Crippen molar-refractivity contribution >= 4 is 16.6 Å². The lowest BCUT2D eigenvalue weighted by Gasteiger charge is -2.39. The summed E-state index contributed by atoms with van der Waals surface area (Å²) >= 11 is 0. The molecule has 0 aliphatic rings. The molecule has 3 aromatic rings. The normalized spacial score (nSPS) is 14.9. The fourth-order valence-electron chi connectivity index (χ4n) is 3.30. The second-order valence-corrected chi connectivity index (χ2v) is 7.01. The van der Waals surface area contributed by atoms with Gasteiger partial charge in [-0.25, -0.2) is 4.98 Å². The molecule has 30 heavy (non-hydrogen) atoms. The molecule has 0 saturated carbocycles. The highest BCUT2D eigenvalue weighted by Crippen LogP contribution is 2.41. The molecule has 3 rings (SSSR count). The van der Waals surface area contributed by atoms with E-state index in [-0.39, 0.29) is 11.4 Å². The van der Waals surface area contributed by atoms with Gasteiger partial charge >= 0.3 is 6.18 Å². The molecule has 0 aliphatic heterocycles. The molecule has 160 valence electrons. The fraction of sp³-hybridized carbons (Fsp3) is 0.333. The molecule has 2 heterocycles. The van der Waals surface area contributed by atoms with E-state index in [1.54, 1.807) is 24.3 Å². The number of hydrogen-bond donors (Lipinski definition) is 2. The van der Waals surface area contributed by atoms with Crippen molar-refractivity contribution in [3.8, 4) is 5.88 Å². The number of methoxy groups -OCH3 is 2. The van der Waals surface area contributed by atoms with E-state index < -0.39 is 24.4 Å². The standard InChI is InChI=1S/C21H23F3N4O2/c1-13-7-9-15-16(27-13)5-4-6-17(15)28-19(14-8-10-18(30-3)26-11-14)20(25,12-29-2)21(22,23)24/h4-11,19,28H,12,25H2,1-3H3. The smallest absolute Gasteiger partial charge is 0.410 e. The number of nitrogens with two attached hydrogens (primary N) is 1. The van der Waals surface area contributed by atoms with Gasteiger partial charge in [0.25, 0.3) is 0 Å². The lowest BCUT2D eigenvalue weighted by atomic mass is 9.86. The molecule has 0 fully saturated rings. The molecule has 0 aliphatic carbocycles. The molecular formula is C21H23F3N4O2. The summed E-state index contributed by atoms with van der Waals surface area (Å²) in [6.45, 7) is 1.10. The molecule has 0 radical (unpaired) electrons. The Balaban J connectivity index is 2.14. The lowest BCUT2D eigenvalue weighted by Crippen LogP contribution is -2.62. The Hall–Kier alpha value is -2.91. The Kier molecular flexibility index (Phi) is 6.14. The summed E-state index contributed by atoms with van der Waals surface area (Å²) in [7, 11) is 2.61. The van der Waals surface area contributed by atoms with E-state index in [0.717, 1.165) is 5.69 Å². The molecule has 0 amide bonds. The number of ether oxygens (including phenoxy) is 2. The first kappa shape index (κ1) is 21.8. The van der Waals surface area contributed by atoms with Crippen LogP contribution in [0.25, 0.3) is 10.9 Å². The van der Waals surface area contributed by atoms with Crippen LogP contribution in [-0.4, -0.2) is 42.5 Å². The number of benzene rings is 1. The predicted molar refractivity (Wildman–Crippen MR) is 108 cm³/mol. The molecule has 6 nitrogen and oxygen atoms in total. The van der Waals surface area contributed by atoms with E-state index in [9.17, 15) is 13.2 Å². The summed E-state index contributed by atoms with van der Waals surface area (Å²) in [5.41, 5.74) is 5.41. The molecule has 2 unspecified atom stereocenters. The molecular weight excluding hydrogens is 397 g/mol. The van der Waals surface area contributed by atoms with E-state index in [4.69, 9.17) is 15.2 Å². The molecule has 2 aromatic heterocycles. The van der Waals surface area contributed by atoms with Crippen molar-refractivity contribution < 1.29 is 22.6 Å². The maximum Gasteiger partial charge on any atom is 0.410 e. The summed E-state index contributed by atoms with van der Waals surface area (Å²) in [5, 5.41) is 3.66. The summed E-state index contributed by atoms with van der Waals surface area (Å²) in [6, 6.07) is 10.4. The number of fused-ring (bicyclic) bond motifs is 1. The second-order valence-electron chi connectivity index (χ2n) is 7.01. The zero-order valence-electron chi connectivity index (χ0n) is 16.8. The van der Waals surface area contributed by atoms with Crippen LogP contribution in [0.2, 0.25) is 0 Å². The summed E-state index contributed by atoms with van der Waals surface area (Å²) in [6.07, 6.45) is -3.45. The van der Waals surface area contributed by atoms with Crippen LogP contribution < -0.4 is 15.8 Å². The van der Waals surface area contributed by atoms with Crippen LogP contribution in [0.4, 0.5) is 18.9 Å². The third-order valence-corrected chi connectivity index (χ3v) is 4.90. The van der Waals surface area contributed by atoms with Gasteiger partial charge in [-0.2, -0.15) is 13.2 Å². The number of nitrogens with zero attached hydrogens (tertiary/aromatic N) is 2. The Morgan fingerprint density at radius 2 is 1.87 bits per heavy atom. The number of aryl methyl sites for hydroxylation is 1. The van der Waals surface area contributed by atoms with Gasteiger partial charge in [-0.3, -0.25) is 4.98 Å². The van der Waals surface area contributed by atoms with Gasteiger partial charge in [0.15, 0.2) is 5.54 Å². The third-order valence-electron chi connectivity index (χ3n) is 4.90. The van der Waals surface area contributed by atoms with Gasteiger partial charge in [0, 0.05) is 36.1 Å². The topological polar surface area (TPSA) is 82.3 Å². The summed E-state index contributed by atoms with van der Waals surface area (Å²) < 4.78 is 52.3. The number of halogens is 3. The number of pyridine rings is 2. The maximum atomic E-state index is 14.1. The van der Waals surface area contributed by atoms with E-state index in [2.05, 4.69) is 15.3 Å². The molecule has 2 atom stereocenters. The number of alkyl halides is 3. The fourth-order valence-corrected chi connectivity index (χ4v) is 3.30. The van der Waals surface area contributed by atoms with Gasteiger partial charge in [0.2, 0.25) is 5.88 Å². The maximum absolute atomic E-state index is 14.1. The quantitative estimate of drug-likeness (QED) is 0.601. The molecule has 0 spiro atoms. The first-order chi connectivity index (χ1) is 14.2. The van der Waals surface area contributed by atoms with Gasteiger partial charge in [0.05, 0.1) is 25.3 Å². The van der Waals surface area contributed by atoms with Crippen LogP contribution in [0.1, 0.15) is 17.3 Å². The van der Waals surface area contributed by atoms with Crippen molar-refractivity contribution in [2.24, 2.45) is 5.73 Å². The highest BCUT2D eigenvalue weighted by Gasteiger charge is 2.57.